The molecule has 0 aliphatic carbocycles. The highest BCUT2D eigenvalue weighted by molar-refractivity contribution is 5.94. The van der Waals surface area contributed by atoms with E-state index in [0.717, 1.165) is 11.1 Å². The number of nitrogens with zero attached hydrogens (tertiary/aromatic N) is 1. The predicted octanol–water partition coefficient (Wildman–Crippen LogP) is 2.65. The molecule has 0 saturated carbocycles. The Morgan fingerprint density at radius 2 is 1.96 bits per heavy atom. The summed E-state index contributed by atoms with van der Waals surface area (Å²) in [4.78, 5) is 11.6. The third-order valence-corrected chi connectivity index (χ3v) is 3.26. The Bertz CT molecular complexity index is 703. The lowest BCUT2D eigenvalue weighted by Crippen LogP contribution is -2.25. The standard InChI is InChI=1S/C18H18N2O3/c1-13(21)18(22)20-17-5-3-2-4-15(17)12-23-16-8-6-14(7-9-16)10-11-19/h2-9,13,21H,10,12H2,1H3,(H,20,22)/t13-/m1/s1. The van der Waals surface area contributed by atoms with Crippen molar-refractivity contribution in [2.45, 2.75) is 26.1 Å². The molecule has 1 atom stereocenters. The van der Waals surface area contributed by atoms with Crippen molar-refractivity contribution in [2.75, 3.05) is 5.32 Å². The van der Waals surface area contributed by atoms with Gasteiger partial charge < -0.3 is 15.2 Å². The lowest BCUT2D eigenvalue weighted by atomic mass is 10.1. The van der Waals surface area contributed by atoms with Crippen LogP contribution in [0.3, 0.4) is 0 Å². The highest BCUT2D eigenvalue weighted by Gasteiger charge is 2.11. The van der Waals surface area contributed by atoms with Gasteiger partial charge in [0.25, 0.3) is 5.91 Å². The lowest BCUT2D eigenvalue weighted by molar-refractivity contribution is -0.123. The maximum atomic E-state index is 11.6. The van der Waals surface area contributed by atoms with E-state index in [-0.39, 0.29) is 6.61 Å². The molecule has 2 aromatic carbocycles. The molecule has 0 saturated heterocycles. The summed E-state index contributed by atoms with van der Waals surface area (Å²) in [5, 5.41) is 20.6. The van der Waals surface area contributed by atoms with E-state index in [9.17, 15) is 9.90 Å². The first-order valence-electron chi connectivity index (χ1n) is 7.25. The first-order chi connectivity index (χ1) is 11.1. The Kier molecular flexibility index (Phi) is 5.73. The predicted molar refractivity (Wildman–Crippen MR) is 86.8 cm³/mol. The fraction of sp³-hybridized carbons (Fsp3) is 0.222. The van der Waals surface area contributed by atoms with Crippen LogP contribution in [-0.2, 0) is 17.8 Å². The van der Waals surface area contributed by atoms with Crippen molar-refractivity contribution >= 4 is 11.6 Å². The SMILES string of the molecule is C[C@@H](O)C(=O)Nc1ccccc1COc1ccc(CC#N)cc1. The largest absolute Gasteiger partial charge is 0.489 e. The Morgan fingerprint density at radius 1 is 1.26 bits per heavy atom. The van der Waals surface area contributed by atoms with E-state index in [2.05, 4.69) is 11.4 Å². The number of hydrogen-bond donors (Lipinski definition) is 2. The number of ether oxygens (including phenoxy) is 1. The van der Waals surface area contributed by atoms with E-state index < -0.39 is 12.0 Å². The van der Waals surface area contributed by atoms with Crippen molar-refractivity contribution in [3.8, 4) is 11.8 Å². The van der Waals surface area contributed by atoms with Gasteiger partial charge in [-0.1, -0.05) is 30.3 Å². The molecule has 2 aromatic rings. The van der Waals surface area contributed by atoms with Crippen LogP contribution >= 0.6 is 0 Å². The van der Waals surface area contributed by atoms with E-state index in [1.165, 1.54) is 6.92 Å². The third kappa shape index (κ3) is 4.83. The Morgan fingerprint density at radius 3 is 2.61 bits per heavy atom. The van der Waals surface area contributed by atoms with Crippen LogP contribution in [0.5, 0.6) is 5.75 Å². The molecular weight excluding hydrogens is 292 g/mol. The number of carbonyl (C=O) groups is 1. The van der Waals surface area contributed by atoms with Gasteiger partial charge in [-0.15, -0.1) is 0 Å². The zero-order valence-corrected chi connectivity index (χ0v) is 12.8. The minimum absolute atomic E-state index is 0.286. The van der Waals surface area contributed by atoms with E-state index in [1.54, 1.807) is 12.1 Å². The monoisotopic (exact) mass is 310 g/mol. The summed E-state index contributed by atoms with van der Waals surface area (Å²) in [6.45, 7) is 1.70. The van der Waals surface area contributed by atoms with Crippen LogP contribution in [0.1, 0.15) is 18.1 Å². The van der Waals surface area contributed by atoms with Crippen LogP contribution in [0.25, 0.3) is 0 Å². The number of aliphatic hydroxyl groups excluding tert-OH is 1. The number of anilines is 1. The molecule has 0 heterocycles. The zero-order chi connectivity index (χ0) is 16.7. The lowest BCUT2D eigenvalue weighted by Gasteiger charge is -2.13. The number of nitriles is 1. The summed E-state index contributed by atoms with van der Waals surface area (Å²) in [5.74, 6) is 0.224. The van der Waals surface area contributed by atoms with Crippen molar-refractivity contribution in [3.63, 3.8) is 0 Å². The Balaban J connectivity index is 2.03. The molecule has 0 aromatic heterocycles. The molecule has 5 heteroatoms. The first kappa shape index (κ1) is 16.5. The van der Waals surface area contributed by atoms with Crippen molar-refractivity contribution in [3.05, 3.63) is 59.7 Å². The number of nitrogens with one attached hydrogen (secondary N) is 1. The van der Waals surface area contributed by atoms with Crippen LogP contribution < -0.4 is 10.1 Å². The van der Waals surface area contributed by atoms with Gasteiger partial charge in [0.15, 0.2) is 0 Å². The summed E-state index contributed by atoms with van der Waals surface area (Å²) < 4.78 is 5.71. The molecule has 0 unspecified atom stereocenters. The number of hydrogen-bond acceptors (Lipinski definition) is 4. The minimum Gasteiger partial charge on any atom is -0.489 e. The molecular formula is C18H18N2O3. The Hall–Kier alpha value is -2.84. The van der Waals surface area contributed by atoms with Crippen LogP contribution in [0.4, 0.5) is 5.69 Å². The summed E-state index contributed by atoms with van der Waals surface area (Å²) in [5.41, 5.74) is 2.35. The maximum Gasteiger partial charge on any atom is 0.252 e. The highest BCUT2D eigenvalue weighted by Crippen LogP contribution is 2.19. The normalized spacial score (nSPS) is 11.3. The molecule has 118 valence electrons. The summed E-state index contributed by atoms with van der Waals surface area (Å²) in [6, 6.07) is 16.7. The number of carbonyl (C=O) groups excluding carboxylic acids is 1. The molecule has 0 fully saturated rings. The van der Waals surface area contributed by atoms with Gasteiger partial charge in [-0.2, -0.15) is 5.26 Å². The van der Waals surface area contributed by atoms with Crippen LogP contribution in [0, 0.1) is 11.3 Å². The first-order valence-corrected chi connectivity index (χ1v) is 7.25. The van der Waals surface area contributed by atoms with E-state index in [4.69, 9.17) is 10.00 Å². The van der Waals surface area contributed by atoms with Crippen molar-refractivity contribution < 1.29 is 14.6 Å². The fourth-order valence-electron chi connectivity index (χ4n) is 1.96. The van der Waals surface area contributed by atoms with E-state index in [0.29, 0.717) is 17.9 Å². The topological polar surface area (TPSA) is 82.3 Å². The smallest absolute Gasteiger partial charge is 0.252 e. The molecule has 2 N–H and O–H groups in total. The molecule has 0 bridgehead atoms. The van der Waals surface area contributed by atoms with Gasteiger partial charge in [0.05, 0.1) is 12.5 Å². The quantitative estimate of drug-likeness (QED) is 0.859. The molecule has 1 amide bonds. The van der Waals surface area contributed by atoms with Crippen LogP contribution in [0.2, 0.25) is 0 Å². The van der Waals surface area contributed by atoms with Crippen molar-refractivity contribution in [2.24, 2.45) is 0 Å². The van der Waals surface area contributed by atoms with Gasteiger partial charge in [0.2, 0.25) is 0 Å². The maximum absolute atomic E-state index is 11.6. The molecule has 2 rings (SSSR count). The second-order valence-electron chi connectivity index (χ2n) is 5.09. The average molecular weight is 310 g/mol. The van der Waals surface area contributed by atoms with E-state index in [1.807, 2.05) is 36.4 Å². The second kappa shape index (κ2) is 7.97. The summed E-state index contributed by atoms with van der Waals surface area (Å²) in [7, 11) is 0. The number of amides is 1. The van der Waals surface area contributed by atoms with Gasteiger partial charge >= 0.3 is 0 Å². The fourth-order valence-corrected chi connectivity index (χ4v) is 1.96. The molecule has 0 aliphatic heterocycles. The summed E-state index contributed by atoms with van der Waals surface area (Å²) in [6.07, 6.45) is -0.703. The van der Waals surface area contributed by atoms with Crippen LogP contribution in [-0.4, -0.2) is 17.1 Å². The minimum atomic E-state index is -1.07. The van der Waals surface area contributed by atoms with Gasteiger partial charge in [0.1, 0.15) is 18.5 Å². The molecule has 0 spiro atoms. The Labute approximate surface area is 135 Å². The summed E-state index contributed by atoms with van der Waals surface area (Å²) >= 11 is 0. The van der Waals surface area contributed by atoms with Gasteiger partial charge in [-0.3, -0.25) is 4.79 Å². The number of benzene rings is 2. The molecule has 0 radical (unpaired) electrons. The van der Waals surface area contributed by atoms with E-state index >= 15 is 0 Å². The number of rotatable bonds is 6. The van der Waals surface area contributed by atoms with Crippen molar-refractivity contribution in [1.82, 2.24) is 0 Å². The van der Waals surface area contributed by atoms with Crippen LogP contribution in [0.15, 0.2) is 48.5 Å². The number of aliphatic hydroxyl groups is 1. The molecule has 5 nitrogen and oxygen atoms in total. The second-order valence-corrected chi connectivity index (χ2v) is 5.09. The van der Waals surface area contributed by atoms with Gasteiger partial charge in [-0.25, -0.2) is 0 Å². The molecule has 0 aliphatic rings. The zero-order valence-electron chi connectivity index (χ0n) is 12.8. The van der Waals surface area contributed by atoms with Gasteiger partial charge in [0, 0.05) is 11.3 Å². The highest BCUT2D eigenvalue weighted by atomic mass is 16.5. The third-order valence-electron chi connectivity index (χ3n) is 3.26. The van der Waals surface area contributed by atoms with Crippen molar-refractivity contribution in [1.29, 1.82) is 5.26 Å². The number of para-hydroxylation sites is 1. The molecule has 23 heavy (non-hydrogen) atoms. The van der Waals surface area contributed by atoms with Gasteiger partial charge in [-0.05, 0) is 30.7 Å². The average Bonchev–Trinajstić information content (AvgIpc) is 2.55.